The Hall–Kier alpha value is -1.45. The largest absolute Gasteiger partial charge is 0.480 e. The van der Waals surface area contributed by atoms with Crippen molar-refractivity contribution in [2.75, 3.05) is 7.11 Å². The van der Waals surface area contributed by atoms with Crippen molar-refractivity contribution in [1.29, 1.82) is 0 Å². The summed E-state index contributed by atoms with van der Waals surface area (Å²) in [6, 6.07) is -0.0891. The number of ether oxygens (including phenoxy) is 1. The molecule has 0 fully saturated rings. The first-order chi connectivity index (χ1) is 9.50. The number of aliphatic carboxylic acids is 1. The summed E-state index contributed by atoms with van der Waals surface area (Å²) in [7, 11) is -3.01. The first-order valence-corrected chi connectivity index (χ1v) is 8.28. The van der Waals surface area contributed by atoms with E-state index in [1.165, 1.54) is 11.4 Å². The van der Waals surface area contributed by atoms with E-state index in [0.717, 1.165) is 18.4 Å². The molecule has 0 aliphatic rings. The Morgan fingerprint density at radius 3 is 2.38 bits per heavy atom. The molecule has 0 radical (unpaired) electrons. The van der Waals surface area contributed by atoms with Gasteiger partial charge in [-0.2, -0.15) is 4.72 Å². The topological polar surface area (TPSA) is 110 Å². The molecule has 0 saturated heterocycles. The van der Waals surface area contributed by atoms with Gasteiger partial charge in [0.15, 0.2) is 0 Å². The summed E-state index contributed by atoms with van der Waals surface area (Å²) in [4.78, 5) is 22.4. The van der Waals surface area contributed by atoms with Crippen LogP contribution in [0, 0.1) is 5.41 Å². The minimum absolute atomic E-state index is 0.0944. The number of carboxylic acid groups (broad SMARTS) is 1. The molecule has 1 atom stereocenters. The lowest BCUT2D eigenvalue weighted by Gasteiger charge is -2.27. The molecule has 1 unspecified atom stereocenters. The monoisotopic (exact) mass is 335 g/mol. The van der Waals surface area contributed by atoms with Crippen molar-refractivity contribution in [3.05, 3.63) is 16.3 Å². The third-order valence-electron chi connectivity index (χ3n) is 2.68. The van der Waals surface area contributed by atoms with Gasteiger partial charge in [-0.25, -0.2) is 13.2 Å². The molecule has 0 amide bonds. The van der Waals surface area contributed by atoms with Crippen LogP contribution in [0.5, 0.6) is 0 Å². The van der Waals surface area contributed by atoms with Crippen LogP contribution in [0.1, 0.15) is 30.4 Å². The van der Waals surface area contributed by atoms with Gasteiger partial charge in [0, 0.05) is 0 Å². The highest BCUT2D eigenvalue weighted by Gasteiger charge is 2.36. The van der Waals surface area contributed by atoms with Gasteiger partial charge in [-0.3, -0.25) is 4.79 Å². The van der Waals surface area contributed by atoms with Crippen molar-refractivity contribution >= 4 is 33.3 Å². The number of carboxylic acids is 1. The van der Waals surface area contributed by atoms with Crippen LogP contribution in [0.15, 0.2) is 16.3 Å². The molecule has 0 spiro atoms. The Balaban J connectivity index is 3.21. The molecule has 118 valence electrons. The lowest BCUT2D eigenvalue weighted by molar-refractivity contribution is -0.141. The molecule has 0 saturated carbocycles. The molecule has 1 aromatic heterocycles. The van der Waals surface area contributed by atoms with E-state index in [4.69, 9.17) is 0 Å². The third-order valence-corrected chi connectivity index (χ3v) is 5.16. The Bertz CT molecular complexity index is 641. The number of carbonyl (C=O) groups is 2. The fraction of sp³-hybridized carbons (Fsp3) is 0.500. The molecule has 21 heavy (non-hydrogen) atoms. The molecule has 1 rings (SSSR count). The van der Waals surface area contributed by atoms with Gasteiger partial charge in [-0.1, -0.05) is 20.8 Å². The summed E-state index contributed by atoms with van der Waals surface area (Å²) in [6.45, 7) is 4.80. The van der Waals surface area contributed by atoms with E-state index in [1.54, 1.807) is 20.8 Å². The highest BCUT2D eigenvalue weighted by Crippen LogP contribution is 2.26. The Labute approximate surface area is 127 Å². The van der Waals surface area contributed by atoms with Crippen LogP contribution in [0.4, 0.5) is 0 Å². The summed E-state index contributed by atoms with van der Waals surface area (Å²) in [6.07, 6.45) is 0. The van der Waals surface area contributed by atoms with Crippen LogP contribution < -0.4 is 4.72 Å². The molecule has 0 bridgehead atoms. The van der Waals surface area contributed by atoms with Gasteiger partial charge in [-0.05, 0) is 16.9 Å². The van der Waals surface area contributed by atoms with E-state index in [0.29, 0.717) is 0 Å². The lowest BCUT2D eigenvalue weighted by Crippen LogP contribution is -2.49. The number of hydrogen-bond donors (Lipinski definition) is 2. The predicted octanol–water partition coefficient (Wildman–Crippen LogP) is 1.31. The highest BCUT2D eigenvalue weighted by atomic mass is 32.2. The molecule has 9 heteroatoms. The fourth-order valence-electron chi connectivity index (χ4n) is 1.57. The number of nitrogens with one attached hydrogen (secondary N) is 1. The van der Waals surface area contributed by atoms with E-state index in [9.17, 15) is 23.1 Å². The summed E-state index contributed by atoms with van der Waals surface area (Å²) in [5.74, 6) is -2.08. The van der Waals surface area contributed by atoms with Gasteiger partial charge < -0.3 is 9.84 Å². The number of thiophene rings is 1. The third kappa shape index (κ3) is 4.02. The van der Waals surface area contributed by atoms with E-state index in [-0.39, 0.29) is 9.77 Å². The number of sulfonamides is 1. The average Bonchev–Trinajstić information content (AvgIpc) is 2.83. The van der Waals surface area contributed by atoms with Gasteiger partial charge >= 0.3 is 11.9 Å². The molecule has 7 nitrogen and oxygen atoms in total. The van der Waals surface area contributed by atoms with E-state index in [1.807, 2.05) is 0 Å². The number of esters is 1. The zero-order valence-corrected chi connectivity index (χ0v) is 13.7. The maximum atomic E-state index is 12.3. The van der Waals surface area contributed by atoms with Gasteiger partial charge in [0.05, 0.1) is 7.11 Å². The van der Waals surface area contributed by atoms with Crippen molar-refractivity contribution < 1.29 is 27.9 Å². The maximum Gasteiger partial charge on any atom is 0.349 e. The summed E-state index contributed by atoms with van der Waals surface area (Å²) in [5.41, 5.74) is -0.833. The molecule has 2 N–H and O–H groups in total. The number of rotatable bonds is 5. The van der Waals surface area contributed by atoms with Crippen molar-refractivity contribution in [1.82, 2.24) is 4.72 Å². The summed E-state index contributed by atoms with van der Waals surface area (Å²) >= 11 is 0.911. The van der Waals surface area contributed by atoms with E-state index in [2.05, 4.69) is 9.46 Å². The van der Waals surface area contributed by atoms with Crippen molar-refractivity contribution in [2.45, 2.75) is 31.7 Å². The lowest BCUT2D eigenvalue weighted by atomic mass is 9.88. The standard InChI is InChI=1S/C12H17NO6S2/c1-12(2,3)9(10(14)15)13-21(17,18)7-5-6-20-8(7)11(16)19-4/h5-6,9,13H,1-4H3,(H,14,15). The van der Waals surface area contributed by atoms with Crippen LogP contribution in [0.25, 0.3) is 0 Å². The second kappa shape index (κ2) is 6.12. The summed E-state index contributed by atoms with van der Waals surface area (Å²) < 4.78 is 31.3. The normalized spacial score (nSPS) is 13.7. The maximum absolute atomic E-state index is 12.3. The zero-order chi connectivity index (χ0) is 16.4. The first kappa shape index (κ1) is 17.6. The smallest absolute Gasteiger partial charge is 0.349 e. The minimum Gasteiger partial charge on any atom is -0.480 e. The van der Waals surface area contributed by atoms with E-state index < -0.39 is 33.4 Å². The number of hydrogen-bond acceptors (Lipinski definition) is 6. The Morgan fingerprint density at radius 1 is 1.38 bits per heavy atom. The fourth-order valence-corrected chi connectivity index (χ4v) is 4.30. The van der Waals surface area contributed by atoms with Gasteiger partial charge in [0.2, 0.25) is 10.0 Å². The first-order valence-electron chi connectivity index (χ1n) is 5.91. The second-order valence-electron chi connectivity index (χ2n) is 5.36. The Kier molecular flexibility index (Phi) is 5.13. The summed E-state index contributed by atoms with van der Waals surface area (Å²) in [5, 5.41) is 10.6. The van der Waals surface area contributed by atoms with Crippen LogP contribution in [-0.4, -0.2) is 38.6 Å². The molecule has 1 heterocycles. The van der Waals surface area contributed by atoms with Crippen molar-refractivity contribution in [3.8, 4) is 0 Å². The van der Waals surface area contributed by atoms with Crippen LogP contribution in [0.2, 0.25) is 0 Å². The SMILES string of the molecule is COC(=O)c1sccc1S(=O)(=O)NC(C(=O)O)C(C)(C)C. The minimum atomic E-state index is -4.15. The molecular formula is C12H17NO6S2. The number of methoxy groups -OCH3 is 1. The van der Waals surface area contributed by atoms with Gasteiger partial charge in [0.25, 0.3) is 0 Å². The van der Waals surface area contributed by atoms with Crippen molar-refractivity contribution in [2.24, 2.45) is 5.41 Å². The molecular weight excluding hydrogens is 318 g/mol. The van der Waals surface area contributed by atoms with Gasteiger partial charge in [0.1, 0.15) is 15.8 Å². The average molecular weight is 335 g/mol. The van der Waals surface area contributed by atoms with E-state index >= 15 is 0 Å². The predicted molar refractivity (Wildman–Crippen MR) is 76.9 cm³/mol. The molecule has 0 aromatic carbocycles. The molecule has 1 aromatic rings. The quantitative estimate of drug-likeness (QED) is 0.785. The van der Waals surface area contributed by atoms with Crippen LogP contribution >= 0.6 is 11.3 Å². The van der Waals surface area contributed by atoms with Crippen LogP contribution in [-0.2, 0) is 19.6 Å². The molecule has 0 aliphatic heterocycles. The zero-order valence-electron chi connectivity index (χ0n) is 12.0. The second-order valence-corrected chi connectivity index (χ2v) is 7.96. The van der Waals surface area contributed by atoms with Crippen LogP contribution in [0.3, 0.4) is 0 Å². The number of carbonyl (C=O) groups excluding carboxylic acids is 1. The Morgan fingerprint density at radius 2 is 1.95 bits per heavy atom. The highest BCUT2D eigenvalue weighted by molar-refractivity contribution is 7.89. The van der Waals surface area contributed by atoms with Gasteiger partial charge in [-0.15, -0.1) is 11.3 Å². The molecule has 0 aliphatic carbocycles. The van der Waals surface area contributed by atoms with Crippen molar-refractivity contribution in [3.63, 3.8) is 0 Å².